The third-order valence-corrected chi connectivity index (χ3v) is 3.79. The van der Waals surface area contributed by atoms with E-state index in [4.69, 9.17) is 10.3 Å². The highest BCUT2D eigenvalue weighted by atomic mass is 15.1. The van der Waals surface area contributed by atoms with Gasteiger partial charge in [0, 0.05) is 16.7 Å². The summed E-state index contributed by atoms with van der Waals surface area (Å²) in [6.07, 6.45) is 0. The van der Waals surface area contributed by atoms with Crippen LogP contribution in [0, 0.1) is 0 Å². The summed E-state index contributed by atoms with van der Waals surface area (Å²) in [6.45, 7) is 0. The van der Waals surface area contributed by atoms with Crippen LogP contribution in [0.2, 0.25) is 0 Å². The first-order chi connectivity index (χ1) is 11.4. The Bertz CT molecular complexity index is 863. The van der Waals surface area contributed by atoms with E-state index in [1.165, 1.54) is 0 Å². The zero-order valence-corrected chi connectivity index (χ0v) is 12.6. The minimum absolute atomic E-state index is 0.767. The Balaban J connectivity index is 1.82. The summed E-state index contributed by atoms with van der Waals surface area (Å²) in [5.41, 5.74) is 5.06. The third-order valence-electron chi connectivity index (χ3n) is 3.79. The van der Waals surface area contributed by atoms with E-state index in [0.29, 0.717) is 0 Å². The lowest BCUT2D eigenvalue weighted by Gasteiger charge is -2.06. The minimum Gasteiger partial charge on any atom is -0.226 e. The van der Waals surface area contributed by atoms with Gasteiger partial charge in [0.25, 0.3) is 0 Å². The van der Waals surface area contributed by atoms with Crippen molar-refractivity contribution in [1.29, 1.82) is 0 Å². The van der Waals surface area contributed by atoms with E-state index in [1.54, 1.807) is 0 Å². The van der Waals surface area contributed by atoms with Crippen LogP contribution in [0.1, 0.15) is 16.7 Å². The maximum Gasteiger partial charge on any atom is 0.160 e. The summed E-state index contributed by atoms with van der Waals surface area (Å²) in [5, 5.41) is 4.82. The van der Waals surface area contributed by atoms with Gasteiger partial charge in [-0.05, 0) is 0 Å². The lowest BCUT2D eigenvalue weighted by atomic mass is 10.1. The summed E-state index contributed by atoms with van der Waals surface area (Å²) in [4.78, 5) is 4.82. The number of amidine groups is 1. The topological polar surface area (TPSA) is 26.5 Å². The molecule has 2 heteroatoms. The van der Waals surface area contributed by atoms with Crippen molar-refractivity contribution in [3.8, 4) is 0 Å². The predicted octanol–water partition coefficient (Wildman–Crippen LogP) is 4.58. The molecule has 0 unspecified atom stereocenters. The second-order valence-corrected chi connectivity index (χ2v) is 5.34. The van der Waals surface area contributed by atoms with Crippen molar-refractivity contribution in [3.05, 3.63) is 108 Å². The van der Waals surface area contributed by atoms with Crippen LogP contribution in [0.15, 0.2) is 96.0 Å². The molecule has 0 N–H and O–H groups in total. The lowest BCUT2D eigenvalue weighted by molar-refractivity contribution is 1.30. The van der Waals surface area contributed by atoms with Crippen molar-refractivity contribution in [2.24, 2.45) is 4.99 Å². The molecule has 0 amide bonds. The molecule has 1 aliphatic heterocycles. The molecule has 0 saturated carbocycles. The van der Waals surface area contributed by atoms with Crippen molar-refractivity contribution in [3.63, 3.8) is 0 Å². The highest BCUT2D eigenvalue weighted by Crippen LogP contribution is 2.31. The Kier molecular flexibility index (Phi) is 3.49. The molecule has 4 rings (SSSR count). The molecule has 109 valence electrons. The van der Waals surface area contributed by atoms with Gasteiger partial charge in [-0.25, -0.2) is 10.3 Å². The second-order valence-electron chi connectivity index (χ2n) is 5.34. The van der Waals surface area contributed by atoms with Crippen LogP contribution in [-0.2, 0) is 0 Å². The van der Waals surface area contributed by atoms with Crippen molar-refractivity contribution >= 4 is 17.2 Å². The van der Waals surface area contributed by atoms with Crippen LogP contribution < -0.4 is 5.32 Å². The van der Waals surface area contributed by atoms with E-state index in [2.05, 4.69) is 24.3 Å². The van der Waals surface area contributed by atoms with Gasteiger partial charge in [0.15, 0.2) is 5.84 Å². The fourth-order valence-electron chi connectivity index (χ4n) is 2.65. The SMILES string of the molecule is c1ccc(C2=NC(c3ccccc3)=C(c3ccccc3)[N]2)cc1. The largest absolute Gasteiger partial charge is 0.226 e. The Morgan fingerprint density at radius 3 is 1.39 bits per heavy atom. The first-order valence-electron chi connectivity index (χ1n) is 7.63. The molecule has 0 atom stereocenters. The van der Waals surface area contributed by atoms with Crippen molar-refractivity contribution in [1.82, 2.24) is 5.32 Å². The molecular weight excluding hydrogens is 280 g/mol. The van der Waals surface area contributed by atoms with E-state index in [1.807, 2.05) is 66.7 Å². The molecule has 0 fully saturated rings. The van der Waals surface area contributed by atoms with E-state index in [-0.39, 0.29) is 0 Å². The molecule has 23 heavy (non-hydrogen) atoms. The van der Waals surface area contributed by atoms with Gasteiger partial charge in [0.2, 0.25) is 0 Å². The van der Waals surface area contributed by atoms with E-state index in [9.17, 15) is 0 Å². The Hall–Kier alpha value is -3.13. The molecule has 3 aromatic carbocycles. The first-order valence-corrected chi connectivity index (χ1v) is 7.63. The summed E-state index contributed by atoms with van der Waals surface area (Å²) in [7, 11) is 0. The molecule has 0 aromatic heterocycles. The molecule has 3 aromatic rings. The fraction of sp³-hybridized carbons (Fsp3) is 0. The van der Waals surface area contributed by atoms with Crippen molar-refractivity contribution in [2.45, 2.75) is 0 Å². The van der Waals surface area contributed by atoms with E-state index < -0.39 is 0 Å². The Morgan fingerprint density at radius 2 is 0.870 bits per heavy atom. The van der Waals surface area contributed by atoms with Gasteiger partial charge < -0.3 is 0 Å². The molecule has 1 heterocycles. The lowest BCUT2D eigenvalue weighted by Crippen LogP contribution is -2.11. The minimum atomic E-state index is 0.767. The smallest absolute Gasteiger partial charge is 0.160 e. The van der Waals surface area contributed by atoms with Gasteiger partial charge in [-0.2, -0.15) is 0 Å². The van der Waals surface area contributed by atoms with E-state index >= 15 is 0 Å². The molecule has 0 aliphatic carbocycles. The van der Waals surface area contributed by atoms with Gasteiger partial charge in [-0.15, -0.1) is 0 Å². The Morgan fingerprint density at radius 1 is 0.435 bits per heavy atom. The monoisotopic (exact) mass is 295 g/mol. The number of hydrogen-bond donors (Lipinski definition) is 0. The molecule has 0 spiro atoms. The maximum atomic E-state index is 4.82. The van der Waals surface area contributed by atoms with Crippen LogP contribution >= 0.6 is 0 Å². The number of rotatable bonds is 3. The number of benzene rings is 3. The molecule has 1 radical (unpaired) electrons. The van der Waals surface area contributed by atoms with Crippen molar-refractivity contribution in [2.75, 3.05) is 0 Å². The van der Waals surface area contributed by atoms with Gasteiger partial charge >= 0.3 is 0 Å². The molecule has 1 aliphatic rings. The normalized spacial score (nSPS) is 13.7. The van der Waals surface area contributed by atoms with Crippen LogP contribution in [-0.4, -0.2) is 5.84 Å². The summed E-state index contributed by atoms with van der Waals surface area (Å²) >= 11 is 0. The highest BCUT2D eigenvalue weighted by molar-refractivity contribution is 6.14. The number of aliphatic imine (C=N–C) groups is 1. The standard InChI is InChI=1S/C21H15N2/c1-4-10-16(11-5-1)19-20(17-12-6-2-7-13-17)23-21(22-19)18-14-8-3-9-15-18/h1-15H. The van der Waals surface area contributed by atoms with Gasteiger partial charge in [-0.3, -0.25) is 0 Å². The second kappa shape index (κ2) is 5.93. The zero-order chi connectivity index (χ0) is 15.5. The van der Waals surface area contributed by atoms with Crippen LogP contribution in [0.25, 0.3) is 11.4 Å². The molecule has 0 bridgehead atoms. The quantitative estimate of drug-likeness (QED) is 0.676. The van der Waals surface area contributed by atoms with Crippen LogP contribution in [0.5, 0.6) is 0 Å². The average molecular weight is 295 g/mol. The van der Waals surface area contributed by atoms with Gasteiger partial charge in [0.05, 0.1) is 11.4 Å². The summed E-state index contributed by atoms with van der Waals surface area (Å²) in [5.74, 6) is 0.767. The molecule has 2 nitrogen and oxygen atoms in total. The van der Waals surface area contributed by atoms with Gasteiger partial charge in [-0.1, -0.05) is 91.0 Å². The predicted molar refractivity (Wildman–Crippen MR) is 94.8 cm³/mol. The number of hydrogen-bond acceptors (Lipinski definition) is 1. The first kappa shape index (κ1) is 13.5. The maximum absolute atomic E-state index is 4.82. The van der Waals surface area contributed by atoms with E-state index in [0.717, 1.165) is 33.9 Å². The van der Waals surface area contributed by atoms with Gasteiger partial charge in [0.1, 0.15) is 0 Å². The number of nitrogens with zero attached hydrogens (tertiary/aromatic N) is 2. The summed E-state index contributed by atoms with van der Waals surface area (Å²) < 4.78 is 0. The zero-order valence-electron chi connectivity index (χ0n) is 12.6. The Labute approximate surface area is 135 Å². The van der Waals surface area contributed by atoms with Crippen LogP contribution in [0.3, 0.4) is 0 Å². The highest BCUT2D eigenvalue weighted by Gasteiger charge is 2.22. The summed E-state index contributed by atoms with van der Waals surface area (Å²) in [6, 6.07) is 30.5. The molecular formula is C21H15N2. The van der Waals surface area contributed by atoms with Crippen molar-refractivity contribution < 1.29 is 0 Å². The molecule has 0 saturated heterocycles. The fourth-order valence-corrected chi connectivity index (χ4v) is 2.65. The third kappa shape index (κ3) is 2.67. The van der Waals surface area contributed by atoms with Crippen LogP contribution in [0.4, 0.5) is 0 Å². The average Bonchev–Trinajstić information content (AvgIpc) is 3.09.